The van der Waals surface area contributed by atoms with Crippen LogP contribution in [-0.4, -0.2) is 88.2 Å². The molecular weight excluding hydrogens is 542 g/mol. The molecule has 2 aliphatic heterocycles. The quantitative estimate of drug-likeness (QED) is 0.0623. The van der Waals surface area contributed by atoms with E-state index < -0.39 is 29.2 Å². The van der Waals surface area contributed by atoms with Crippen molar-refractivity contribution in [3.63, 3.8) is 0 Å². The highest BCUT2D eigenvalue weighted by Crippen LogP contribution is 2.41. The molecule has 14 nitrogen and oxygen atoms in total. The summed E-state index contributed by atoms with van der Waals surface area (Å²) in [6, 6.07) is -0.968. The Kier molecular flexibility index (Phi) is 8.11. The van der Waals surface area contributed by atoms with Crippen molar-refractivity contribution >= 4 is 63.5 Å². The van der Waals surface area contributed by atoms with E-state index in [2.05, 4.69) is 43.5 Å². The zero-order valence-corrected chi connectivity index (χ0v) is 21.4. The van der Waals surface area contributed by atoms with Crippen molar-refractivity contribution in [1.29, 1.82) is 0 Å². The summed E-state index contributed by atoms with van der Waals surface area (Å²) in [6.07, 6.45) is 6.76. The van der Waals surface area contributed by atoms with E-state index in [0.29, 0.717) is 16.5 Å². The maximum absolute atomic E-state index is 13.0. The highest BCUT2D eigenvalue weighted by Gasteiger charge is 2.54. The van der Waals surface area contributed by atoms with Crippen LogP contribution in [0.2, 0.25) is 0 Å². The maximum Gasteiger partial charge on any atom is 0.352 e. The number of aromatic nitrogens is 5. The first-order valence-electron chi connectivity index (χ1n) is 10.4. The van der Waals surface area contributed by atoms with E-state index in [9.17, 15) is 19.5 Å². The lowest BCUT2D eigenvalue weighted by Crippen LogP contribution is -2.71. The van der Waals surface area contributed by atoms with Crippen LogP contribution >= 0.6 is 34.9 Å². The Balaban J connectivity index is 1.49. The van der Waals surface area contributed by atoms with Crippen molar-refractivity contribution in [2.24, 2.45) is 5.16 Å². The predicted molar refractivity (Wildman–Crippen MR) is 136 cm³/mol. The number of terminal acetylenes is 1. The summed E-state index contributed by atoms with van der Waals surface area (Å²) in [7, 11) is 0. The van der Waals surface area contributed by atoms with Crippen LogP contribution in [0.3, 0.4) is 0 Å². The standard InChI is InChI=1S/C20H19N9O5S3/c1-3-5-28-20(24-26-27-28)37-8-10-7-35-17-13(16(31)29(17)14(10)18(32)33)23-15(30)12(25-34-6-4-2)11-9-36-19(21)22-11/h1,4,9,13,17H,2,5-8H2,(H2,21,22)(H,23,30)(H,32,33)/b25-12+. The minimum Gasteiger partial charge on any atom is -0.477 e. The van der Waals surface area contributed by atoms with Crippen LogP contribution in [0, 0.1) is 12.3 Å². The number of carbonyl (C=O) groups is 3. The molecule has 4 rings (SSSR count). The fraction of sp³-hybridized carbons (Fsp3) is 0.300. The number of rotatable bonds is 11. The number of aliphatic carboxylic acids is 1. The predicted octanol–water partition coefficient (Wildman–Crippen LogP) is -0.217. The van der Waals surface area contributed by atoms with Crippen LogP contribution in [0.5, 0.6) is 0 Å². The number of β-lactam (4-membered cyclic amide) rings is 1. The third kappa shape index (κ3) is 5.45. The average Bonchev–Trinajstić information content (AvgIpc) is 3.51. The number of thioether (sulfide) groups is 2. The molecule has 17 heteroatoms. The second kappa shape index (κ2) is 11.5. The first-order chi connectivity index (χ1) is 17.8. The van der Waals surface area contributed by atoms with Gasteiger partial charge in [0.05, 0.1) is 0 Å². The van der Waals surface area contributed by atoms with Crippen molar-refractivity contribution in [3.05, 3.63) is 35.0 Å². The van der Waals surface area contributed by atoms with Crippen molar-refractivity contribution in [3.8, 4) is 12.3 Å². The zero-order chi connectivity index (χ0) is 26.5. The van der Waals surface area contributed by atoms with Crippen LogP contribution in [0.1, 0.15) is 5.69 Å². The maximum atomic E-state index is 13.0. The number of amides is 2. The molecule has 0 bridgehead atoms. The van der Waals surface area contributed by atoms with E-state index in [1.54, 1.807) is 0 Å². The number of oxime groups is 1. The summed E-state index contributed by atoms with van der Waals surface area (Å²) in [5, 5.41) is 29.1. The van der Waals surface area contributed by atoms with Gasteiger partial charge < -0.3 is 21.0 Å². The third-order valence-corrected chi connectivity index (χ3v) is 8.04. The van der Waals surface area contributed by atoms with Crippen LogP contribution in [0.15, 0.2) is 39.6 Å². The molecule has 192 valence electrons. The molecule has 0 radical (unpaired) electrons. The fourth-order valence-electron chi connectivity index (χ4n) is 3.40. The SMILES string of the molecule is C#CCn1nnnc1SCC1=C(C(=O)O)N2C(=O)C(NC(=O)/C(=N/OCC=C)c3csc(N)n3)C2SC1. The van der Waals surface area contributed by atoms with Crippen molar-refractivity contribution in [1.82, 2.24) is 35.4 Å². The first kappa shape index (κ1) is 26.2. The topological polar surface area (TPSA) is 191 Å². The van der Waals surface area contributed by atoms with Gasteiger partial charge in [0.2, 0.25) is 5.16 Å². The van der Waals surface area contributed by atoms with Gasteiger partial charge in [-0.1, -0.05) is 35.5 Å². The zero-order valence-electron chi connectivity index (χ0n) is 18.9. The van der Waals surface area contributed by atoms with E-state index >= 15 is 0 Å². The number of fused-ring (bicyclic) bond motifs is 1. The van der Waals surface area contributed by atoms with Crippen LogP contribution in [0.4, 0.5) is 5.13 Å². The second-order valence-electron chi connectivity index (χ2n) is 7.33. The molecule has 0 aromatic carbocycles. The fourth-order valence-corrected chi connectivity index (χ4v) is 6.31. The van der Waals surface area contributed by atoms with Gasteiger partial charge >= 0.3 is 5.97 Å². The van der Waals surface area contributed by atoms with Crippen LogP contribution in [0.25, 0.3) is 0 Å². The molecule has 2 atom stereocenters. The van der Waals surface area contributed by atoms with E-state index in [1.807, 2.05) is 0 Å². The molecule has 2 aromatic heterocycles. The summed E-state index contributed by atoms with van der Waals surface area (Å²) in [4.78, 5) is 48.4. The number of thiazole rings is 1. The van der Waals surface area contributed by atoms with Crippen LogP contribution in [-0.2, 0) is 25.8 Å². The normalized spacial score (nSPS) is 19.1. The van der Waals surface area contributed by atoms with Gasteiger partial charge in [0.1, 0.15) is 36.0 Å². The summed E-state index contributed by atoms with van der Waals surface area (Å²) in [5.41, 5.74) is 6.08. The van der Waals surface area contributed by atoms with Gasteiger partial charge in [-0.3, -0.25) is 14.5 Å². The number of nitrogen functional groups attached to an aromatic ring is 1. The molecule has 0 aliphatic carbocycles. The molecule has 2 aromatic rings. The van der Waals surface area contributed by atoms with E-state index in [1.165, 1.54) is 44.6 Å². The van der Waals surface area contributed by atoms with Crippen molar-refractivity contribution < 1.29 is 24.3 Å². The lowest BCUT2D eigenvalue weighted by Gasteiger charge is -2.49. The number of hydrogen-bond donors (Lipinski definition) is 3. The molecule has 0 spiro atoms. The molecular formula is C20H19N9O5S3. The number of anilines is 1. The van der Waals surface area contributed by atoms with Gasteiger partial charge in [0.25, 0.3) is 11.8 Å². The monoisotopic (exact) mass is 561 g/mol. The Labute approximate surface area is 222 Å². The van der Waals surface area contributed by atoms with Gasteiger partial charge in [0.15, 0.2) is 10.8 Å². The smallest absolute Gasteiger partial charge is 0.352 e. The van der Waals surface area contributed by atoms with Crippen LogP contribution < -0.4 is 11.1 Å². The number of carbonyl (C=O) groups excluding carboxylic acids is 2. The molecule has 2 unspecified atom stereocenters. The number of carboxylic acid groups (broad SMARTS) is 1. The average molecular weight is 562 g/mol. The van der Waals surface area contributed by atoms with E-state index in [-0.39, 0.29) is 41.1 Å². The molecule has 4 heterocycles. The van der Waals surface area contributed by atoms with E-state index in [0.717, 1.165) is 11.3 Å². The molecule has 37 heavy (non-hydrogen) atoms. The minimum absolute atomic E-state index is 0.0493. The number of nitrogens with zero attached hydrogens (tertiary/aromatic N) is 7. The van der Waals surface area contributed by atoms with Gasteiger partial charge in [-0.15, -0.1) is 34.6 Å². The molecule has 1 fully saturated rings. The lowest BCUT2D eigenvalue weighted by atomic mass is 10.0. The minimum atomic E-state index is -1.25. The Bertz CT molecular complexity index is 1340. The summed E-state index contributed by atoms with van der Waals surface area (Å²) >= 11 is 3.65. The van der Waals surface area contributed by atoms with Crippen molar-refractivity contribution in [2.45, 2.75) is 23.1 Å². The molecule has 2 amide bonds. The number of nitrogens with one attached hydrogen (secondary N) is 1. The second-order valence-corrected chi connectivity index (χ2v) is 10.3. The molecule has 1 saturated heterocycles. The Morgan fingerprint density at radius 1 is 1.51 bits per heavy atom. The number of carboxylic acids is 1. The molecule has 0 saturated carbocycles. The first-order valence-corrected chi connectivity index (χ1v) is 13.3. The third-order valence-electron chi connectivity index (χ3n) is 4.98. The number of tetrazole rings is 1. The number of hydrogen-bond acceptors (Lipinski definition) is 13. The van der Waals surface area contributed by atoms with Gasteiger partial charge in [-0.25, -0.2) is 14.5 Å². The largest absolute Gasteiger partial charge is 0.477 e. The Morgan fingerprint density at radius 2 is 2.32 bits per heavy atom. The van der Waals surface area contributed by atoms with E-state index in [4.69, 9.17) is 17.0 Å². The Hall–Kier alpha value is -3.88. The summed E-state index contributed by atoms with van der Waals surface area (Å²) in [6.45, 7) is 3.74. The lowest BCUT2D eigenvalue weighted by molar-refractivity contribution is -0.150. The summed E-state index contributed by atoms with van der Waals surface area (Å²) < 4.78 is 1.42. The Morgan fingerprint density at radius 3 is 3.00 bits per heavy atom. The molecule has 2 aliphatic rings. The summed E-state index contributed by atoms with van der Waals surface area (Å²) in [5.74, 6) is 0.461. The molecule has 4 N–H and O–H groups in total. The highest BCUT2D eigenvalue weighted by molar-refractivity contribution is 8.01. The highest BCUT2D eigenvalue weighted by atomic mass is 32.2. The van der Waals surface area contributed by atoms with Gasteiger partial charge in [0, 0.05) is 16.9 Å². The van der Waals surface area contributed by atoms with Gasteiger partial charge in [-0.05, 0) is 16.0 Å². The number of nitrogens with two attached hydrogens (primary N) is 1. The van der Waals surface area contributed by atoms with Gasteiger partial charge in [-0.2, -0.15) is 0 Å². The van der Waals surface area contributed by atoms with Crippen molar-refractivity contribution in [2.75, 3.05) is 23.8 Å².